The summed E-state index contributed by atoms with van der Waals surface area (Å²) < 4.78 is 34.3. The van der Waals surface area contributed by atoms with Crippen molar-refractivity contribution in [2.24, 2.45) is 0 Å². The normalized spacial score (nSPS) is 8.14. The molecule has 0 aliphatic carbocycles. The van der Waals surface area contributed by atoms with E-state index in [9.17, 15) is 0 Å². The van der Waals surface area contributed by atoms with Crippen LogP contribution in [0.4, 0.5) is 0 Å². The fourth-order valence-electron chi connectivity index (χ4n) is 0. The minimum atomic E-state index is -5.62. The van der Waals surface area contributed by atoms with Crippen LogP contribution < -0.4 is 85.1 Å². The molecule has 0 fully saturated rings. The third-order valence-electron chi connectivity index (χ3n) is 0. The Bertz CT molecular complexity index is 137. The molecule has 0 aliphatic heterocycles. The van der Waals surface area contributed by atoms with Gasteiger partial charge in [-0.05, 0) is 0 Å². The fourth-order valence-corrected chi connectivity index (χ4v) is 0. The molecular weight excluding hydrogens is 181 g/mol. The monoisotopic (exact) mass is 182 g/mol. The van der Waals surface area contributed by atoms with E-state index in [-0.39, 0.29) is 82.4 Å². The van der Waals surface area contributed by atoms with E-state index < -0.39 is 13.0 Å². The molecule has 0 heterocycles. The maximum absolute atomic E-state index is 8.58. The van der Waals surface area contributed by atoms with Crippen LogP contribution in [0.15, 0.2) is 0 Å². The summed E-state index contributed by atoms with van der Waals surface area (Å²) in [5, 5.41) is 0. The Morgan fingerprint density at radius 2 is 1.29 bits per heavy atom. The van der Waals surface area contributed by atoms with Gasteiger partial charge >= 0.3 is 110 Å². The summed E-state index contributed by atoms with van der Waals surface area (Å²) in [5.41, 5.74) is 0. The molecular formula is HKMnNaO4. The van der Waals surface area contributed by atoms with Crippen LogP contribution in [0.3, 0.4) is 0 Å². The summed E-state index contributed by atoms with van der Waals surface area (Å²) in [7, 11) is 0. The first-order valence-electron chi connectivity index (χ1n) is 0.617. The van der Waals surface area contributed by atoms with Crippen molar-refractivity contribution in [3.63, 3.8) is 0 Å². The van der Waals surface area contributed by atoms with Crippen LogP contribution in [0.25, 0.3) is 0 Å². The Labute approximate surface area is 108 Å². The van der Waals surface area contributed by atoms with Crippen LogP contribution in [-0.4, -0.2) is 0 Å². The Morgan fingerprint density at radius 3 is 1.29 bits per heavy atom. The van der Waals surface area contributed by atoms with E-state index in [1.165, 1.54) is 0 Å². The van der Waals surface area contributed by atoms with Gasteiger partial charge in [-0.15, -0.1) is 0 Å². The maximum atomic E-state index is 8.58. The summed E-state index contributed by atoms with van der Waals surface area (Å²) in [4.78, 5) is 0. The van der Waals surface area contributed by atoms with Crippen molar-refractivity contribution in [3.05, 3.63) is 0 Å². The van der Waals surface area contributed by atoms with E-state index in [1.54, 1.807) is 0 Å². The van der Waals surface area contributed by atoms with Gasteiger partial charge in [-0.25, -0.2) is 0 Å². The van der Waals surface area contributed by atoms with E-state index in [1.807, 2.05) is 0 Å². The molecule has 0 saturated carbocycles. The zero-order valence-corrected chi connectivity index (χ0v) is 10.3. The summed E-state index contributed by atoms with van der Waals surface area (Å²) in [6.07, 6.45) is 0. The van der Waals surface area contributed by atoms with Crippen LogP contribution >= 0.6 is 0 Å². The molecule has 0 aromatic rings. The van der Waals surface area contributed by atoms with Gasteiger partial charge in [0.15, 0.2) is 0 Å². The van der Waals surface area contributed by atoms with Gasteiger partial charge in [0, 0.05) is 0 Å². The van der Waals surface area contributed by atoms with Crippen LogP contribution in [0, 0.1) is 0 Å². The molecule has 7 heteroatoms. The zero-order valence-electron chi connectivity index (χ0n) is 5.01. The second-order valence-electron chi connectivity index (χ2n) is 0.378. The van der Waals surface area contributed by atoms with E-state index in [2.05, 4.69) is 0 Å². The molecule has 0 spiro atoms. The van der Waals surface area contributed by atoms with Crippen molar-refractivity contribution in [2.75, 3.05) is 0 Å². The molecule has 0 aromatic heterocycles. The first-order valence-corrected chi connectivity index (χ1v) is 2.54. The molecule has 0 aromatic carbocycles. The molecule has 0 N–H and O–H groups in total. The predicted molar refractivity (Wildman–Crippen MR) is 3.17 cm³/mol. The van der Waals surface area contributed by atoms with E-state index >= 15 is 0 Å². The zero-order chi connectivity index (χ0) is 4.50. The van der Waals surface area contributed by atoms with Crippen LogP contribution in [0.2, 0.25) is 0 Å². The summed E-state index contributed by atoms with van der Waals surface area (Å²) in [6.45, 7) is 0. The van der Waals surface area contributed by atoms with Gasteiger partial charge < -0.3 is 1.43 Å². The second-order valence-corrected chi connectivity index (χ2v) is 1.56. The average Bonchev–Trinajstić information content (AvgIpc) is 0.722. The SMILES string of the molecule is [H-].[K+].[Na+].[O]=[Mn](=[O])(=[O])[O-]. The molecule has 0 amide bonds. The van der Waals surface area contributed by atoms with Gasteiger partial charge in [-0.3, -0.25) is 0 Å². The Hall–Kier alpha value is 2.52. The molecule has 0 atom stereocenters. The Morgan fingerprint density at radius 1 is 1.29 bits per heavy atom. The van der Waals surface area contributed by atoms with Crippen LogP contribution in [0.5, 0.6) is 0 Å². The van der Waals surface area contributed by atoms with Gasteiger partial charge in [0.05, 0.1) is 0 Å². The fraction of sp³-hybridized carbons (Fsp3) is 0. The molecule has 0 rings (SSSR count). The van der Waals surface area contributed by atoms with Gasteiger partial charge in [0.25, 0.3) is 0 Å². The number of hydrogen-bond donors (Lipinski definition) is 0. The van der Waals surface area contributed by atoms with E-state index in [4.69, 9.17) is 15.7 Å². The third kappa shape index (κ3) is 57.1. The summed E-state index contributed by atoms with van der Waals surface area (Å²) in [6, 6.07) is 0. The Balaban J connectivity index is -0.0000000267. The van der Waals surface area contributed by atoms with Gasteiger partial charge in [-0.2, -0.15) is 0 Å². The van der Waals surface area contributed by atoms with Gasteiger partial charge in [0.2, 0.25) is 0 Å². The molecule has 7 heavy (non-hydrogen) atoms. The van der Waals surface area contributed by atoms with Gasteiger partial charge in [-0.1, -0.05) is 0 Å². The quantitative estimate of drug-likeness (QED) is 0.349. The molecule has 0 saturated heterocycles. The van der Waals surface area contributed by atoms with Gasteiger partial charge in [0.1, 0.15) is 0 Å². The minimum absolute atomic E-state index is 0. The molecule has 0 bridgehead atoms. The molecule has 0 unspecified atom stereocenters. The summed E-state index contributed by atoms with van der Waals surface area (Å²) in [5.74, 6) is 0. The summed E-state index contributed by atoms with van der Waals surface area (Å²) >= 11 is -5.62. The van der Waals surface area contributed by atoms with Crippen LogP contribution in [-0.2, 0) is 24.5 Å². The van der Waals surface area contributed by atoms with Crippen LogP contribution in [0.1, 0.15) is 1.43 Å². The van der Waals surface area contributed by atoms with Crippen molar-refractivity contribution >= 4 is 0 Å². The molecule has 34 valence electrons. The molecule has 4 nitrogen and oxygen atoms in total. The number of hydrogen-bond acceptors (Lipinski definition) is 4. The topological polar surface area (TPSA) is 74.3 Å². The third-order valence-corrected chi connectivity index (χ3v) is 0. The van der Waals surface area contributed by atoms with Crippen molar-refractivity contribution < 1.29 is 111 Å². The van der Waals surface area contributed by atoms with Crippen molar-refractivity contribution in [1.82, 2.24) is 0 Å². The first-order chi connectivity index (χ1) is 2.00. The number of rotatable bonds is 0. The second kappa shape index (κ2) is 6.63. The van der Waals surface area contributed by atoms with Crippen molar-refractivity contribution in [2.45, 2.75) is 0 Å². The van der Waals surface area contributed by atoms with Crippen molar-refractivity contribution in [3.8, 4) is 0 Å². The molecule has 0 radical (unpaired) electrons. The van der Waals surface area contributed by atoms with E-state index in [0.29, 0.717) is 0 Å². The average molecular weight is 182 g/mol. The predicted octanol–water partition coefficient (Wildman–Crippen LogP) is -7.43. The van der Waals surface area contributed by atoms with E-state index in [0.717, 1.165) is 0 Å². The Kier molecular flexibility index (Phi) is 15.4. The first kappa shape index (κ1) is 16.3. The van der Waals surface area contributed by atoms with Crippen molar-refractivity contribution in [1.29, 1.82) is 0 Å². The standard InChI is InChI=1S/K.Mn.Na.4O.H/q+1;;+1;;;;2*-1. The molecule has 0 aliphatic rings.